The molecule has 0 radical (unpaired) electrons. The van der Waals surface area contributed by atoms with Crippen molar-refractivity contribution in [1.82, 2.24) is 5.32 Å². The van der Waals surface area contributed by atoms with Crippen LogP contribution < -0.4 is 14.8 Å². The summed E-state index contributed by atoms with van der Waals surface area (Å²) in [5.41, 5.74) is 1.24. The number of benzene rings is 1. The minimum atomic E-state index is 0.333. The average molecular weight is 326 g/mol. The fraction of sp³-hybridized carbons (Fsp3) is 0.600. The van der Waals surface area contributed by atoms with Crippen LogP contribution in [0.3, 0.4) is 0 Å². The van der Waals surface area contributed by atoms with E-state index < -0.39 is 0 Å². The highest BCUT2D eigenvalue weighted by Gasteiger charge is 2.19. The molecule has 0 aromatic heterocycles. The fourth-order valence-electron chi connectivity index (χ4n) is 2.81. The van der Waals surface area contributed by atoms with E-state index in [0.29, 0.717) is 12.8 Å². The lowest BCUT2D eigenvalue weighted by Crippen LogP contribution is -2.32. The van der Waals surface area contributed by atoms with Crippen LogP contribution in [-0.2, 0) is 6.54 Å². The first kappa shape index (κ1) is 13.3. The van der Waals surface area contributed by atoms with Crippen molar-refractivity contribution in [3.63, 3.8) is 0 Å². The van der Waals surface area contributed by atoms with Gasteiger partial charge in [0.1, 0.15) is 0 Å². The molecule has 1 saturated carbocycles. The molecular formula is C15H20BrNO2. The van der Waals surface area contributed by atoms with E-state index >= 15 is 0 Å². The first-order chi connectivity index (χ1) is 9.22. The summed E-state index contributed by atoms with van der Waals surface area (Å²) in [6, 6.07) is 4.74. The van der Waals surface area contributed by atoms with E-state index in [2.05, 4.69) is 34.2 Å². The van der Waals surface area contributed by atoms with Gasteiger partial charge in [0.05, 0.1) is 0 Å². The molecule has 1 aromatic carbocycles. The second kappa shape index (κ2) is 5.71. The predicted molar refractivity (Wildman–Crippen MR) is 78.5 cm³/mol. The maximum Gasteiger partial charge on any atom is 0.231 e. The molecule has 3 rings (SSSR count). The lowest BCUT2D eigenvalue weighted by Gasteiger charge is -2.27. The van der Waals surface area contributed by atoms with E-state index in [4.69, 9.17) is 9.47 Å². The molecule has 0 bridgehead atoms. The van der Waals surface area contributed by atoms with Crippen molar-refractivity contribution < 1.29 is 9.47 Å². The zero-order valence-corrected chi connectivity index (χ0v) is 12.8. The molecule has 1 fully saturated rings. The molecular weight excluding hydrogens is 306 g/mol. The van der Waals surface area contributed by atoms with Crippen LogP contribution in [0.25, 0.3) is 0 Å². The number of ether oxygens (including phenoxy) is 2. The summed E-state index contributed by atoms with van der Waals surface area (Å²) in [6.45, 7) is 3.57. The Balaban J connectivity index is 1.61. The monoisotopic (exact) mass is 325 g/mol. The van der Waals surface area contributed by atoms with Gasteiger partial charge in [0.15, 0.2) is 11.5 Å². The van der Waals surface area contributed by atoms with Crippen molar-refractivity contribution in [2.24, 2.45) is 5.92 Å². The van der Waals surface area contributed by atoms with Crippen molar-refractivity contribution in [3.8, 4) is 11.5 Å². The molecule has 1 heterocycles. The van der Waals surface area contributed by atoms with Crippen molar-refractivity contribution in [1.29, 1.82) is 0 Å². The van der Waals surface area contributed by atoms with E-state index in [1.165, 1.54) is 31.2 Å². The molecule has 0 amide bonds. The number of halogens is 1. The number of fused-ring (bicyclic) bond motifs is 1. The number of hydrogen-bond donors (Lipinski definition) is 1. The molecule has 104 valence electrons. The van der Waals surface area contributed by atoms with Gasteiger partial charge in [-0.2, -0.15) is 0 Å². The van der Waals surface area contributed by atoms with Gasteiger partial charge in [0, 0.05) is 17.1 Å². The summed E-state index contributed by atoms with van der Waals surface area (Å²) in [5, 5.41) is 3.66. The van der Waals surface area contributed by atoms with Gasteiger partial charge in [-0.15, -0.1) is 0 Å². The maximum absolute atomic E-state index is 5.43. The van der Waals surface area contributed by atoms with Crippen molar-refractivity contribution in [2.75, 3.05) is 6.79 Å². The van der Waals surface area contributed by atoms with Gasteiger partial charge in [-0.1, -0.05) is 22.9 Å². The normalized spacial score (nSPS) is 25.6. The topological polar surface area (TPSA) is 30.5 Å². The van der Waals surface area contributed by atoms with Gasteiger partial charge in [-0.3, -0.25) is 0 Å². The quantitative estimate of drug-likeness (QED) is 0.915. The standard InChI is InChI=1S/C15H20BrNO2/c1-10-2-4-12(5-3-10)17-8-11-6-14-15(7-13(11)16)19-9-18-14/h6-7,10,12,17H,2-5,8-9H2,1H3. The second-order valence-electron chi connectivity index (χ2n) is 5.63. The van der Waals surface area contributed by atoms with Crippen LogP contribution in [0.5, 0.6) is 11.5 Å². The van der Waals surface area contributed by atoms with E-state index in [0.717, 1.165) is 28.4 Å². The van der Waals surface area contributed by atoms with Crippen LogP contribution >= 0.6 is 15.9 Å². The minimum Gasteiger partial charge on any atom is -0.454 e. The third-order valence-electron chi connectivity index (χ3n) is 4.14. The summed E-state index contributed by atoms with van der Waals surface area (Å²) < 4.78 is 11.9. The van der Waals surface area contributed by atoms with E-state index in [-0.39, 0.29) is 0 Å². The molecule has 1 N–H and O–H groups in total. The summed E-state index contributed by atoms with van der Waals surface area (Å²) >= 11 is 3.61. The number of hydrogen-bond acceptors (Lipinski definition) is 3. The Labute approximate surface area is 122 Å². The highest BCUT2D eigenvalue weighted by atomic mass is 79.9. The van der Waals surface area contributed by atoms with Gasteiger partial charge in [0.2, 0.25) is 6.79 Å². The van der Waals surface area contributed by atoms with Crippen molar-refractivity contribution in [3.05, 3.63) is 22.2 Å². The van der Waals surface area contributed by atoms with E-state index in [9.17, 15) is 0 Å². The largest absolute Gasteiger partial charge is 0.454 e. The molecule has 1 aliphatic carbocycles. The Morgan fingerprint density at radius 1 is 1.16 bits per heavy atom. The zero-order valence-electron chi connectivity index (χ0n) is 11.2. The molecule has 1 aliphatic heterocycles. The van der Waals surface area contributed by atoms with Gasteiger partial charge in [-0.05, 0) is 49.3 Å². The third kappa shape index (κ3) is 3.06. The highest BCUT2D eigenvalue weighted by Crippen LogP contribution is 2.37. The van der Waals surface area contributed by atoms with Gasteiger partial charge in [0.25, 0.3) is 0 Å². The Kier molecular flexibility index (Phi) is 3.99. The summed E-state index contributed by atoms with van der Waals surface area (Å²) in [6.07, 6.45) is 5.28. The van der Waals surface area contributed by atoms with Gasteiger partial charge in [-0.25, -0.2) is 0 Å². The Morgan fingerprint density at radius 3 is 2.58 bits per heavy atom. The Hall–Kier alpha value is -0.740. The summed E-state index contributed by atoms with van der Waals surface area (Å²) in [4.78, 5) is 0. The molecule has 0 atom stereocenters. The van der Waals surface area contributed by atoms with Crippen LogP contribution in [0.2, 0.25) is 0 Å². The number of nitrogens with one attached hydrogen (secondary N) is 1. The predicted octanol–water partition coefficient (Wildman–Crippen LogP) is 3.85. The molecule has 2 aliphatic rings. The molecule has 1 aromatic rings. The van der Waals surface area contributed by atoms with Crippen LogP contribution in [0, 0.1) is 5.92 Å². The number of rotatable bonds is 3. The first-order valence-corrected chi connectivity index (χ1v) is 7.83. The average Bonchev–Trinajstić information content (AvgIpc) is 2.85. The van der Waals surface area contributed by atoms with Crippen molar-refractivity contribution >= 4 is 15.9 Å². The van der Waals surface area contributed by atoms with Crippen LogP contribution in [0.1, 0.15) is 38.2 Å². The first-order valence-electron chi connectivity index (χ1n) is 7.04. The lowest BCUT2D eigenvalue weighted by molar-refractivity contribution is 0.174. The van der Waals surface area contributed by atoms with Crippen LogP contribution in [0.4, 0.5) is 0 Å². The maximum atomic E-state index is 5.43. The summed E-state index contributed by atoms with van der Waals surface area (Å²) in [7, 11) is 0. The molecule has 3 nitrogen and oxygen atoms in total. The highest BCUT2D eigenvalue weighted by molar-refractivity contribution is 9.10. The Morgan fingerprint density at radius 2 is 1.84 bits per heavy atom. The zero-order chi connectivity index (χ0) is 13.2. The molecule has 0 saturated heterocycles. The fourth-order valence-corrected chi connectivity index (χ4v) is 3.28. The molecule has 0 spiro atoms. The second-order valence-corrected chi connectivity index (χ2v) is 6.49. The third-order valence-corrected chi connectivity index (χ3v) is 4.88. The van der Waals surface area contributed by atoms with Crippen LogP contribution in [0.15, 0.2) is 16.6 Å². The van der Waals surface area contributed by atoms with E-state index in [1.54, 1.807) is 0 Å². The SMILES string of the molecule is CC1CCC(NCc2cc3c(cc2Br)OCO3)CC1. The smallest absolute Gasteiger partial charge is 0.231 e. The van der Waals surface area contributed by atoms with E-state index in [1.807, 2.05) is 6.07 Å². The summed E-state index contributed by atoms with van der Waals surface area (Å²) in [5.74, 6) is 2.59. The Bertz CT molecular complexity index is 456. The van der Waals surface area contributed by atoms with Gasteiger partial charge < -0.3 is 14.8 Å². The minimum absolute atomic E-state index is 0.333. The van der Waals surface area contributed by atoms with Crippen LogP contribution in [-0.4, -0.2) is 12.8 Å². The lowest BCUT2D eigenvalue weighted by atomic mass is 9.87. The molecule has 19 heavy (non-hydrogen) atoms. The van der Waals surface area contributed by atoms with Gasteiger partial charge >= 0.3 is 0 Å². The molecule has 4 heteroatoms. The molecule has 0 unspecified atom stereocenters. The van der Waals surface area contributed by atoms with Crippen molar-refractivity contribution in [2.45, 2.75) is 45.2 Å².